The van der Waals surface area contributed by atoms with Gasteiger partial charge in [-0.05, 0) is 19.5 Å². The highest BCUT2D eigenvalue weighted by Crippen LogP contribution is 2.09. The fourth-order valence-electron chi connectivity index (χ4n) is 0.840. The van der Waals surface area contributed by atoms with Crippen molar-refractivity contribution < 1.29 is 0 Å². The van der Waals surface area contributed by atoms with Crippen LogP contribution in [0.1, 0.15) is 11.1 Å². The average molecular weight is 167 g/mol. The van der Waals surface area contributed by atoms with Gasteiger partial charge in [0.15, 0.2) is 0 Å². The minimum atomic E-state index is 1.04. The molecule has 0 radical (unpaired) electrons. The highest BCUT2D eigenvalue weighted by molar-refractivity contribution is 7.96. The monoisotopic (exact) mass is 167 g/mol. The molecule has 0 saturated carbocycles. The van der Waals surface area contributed by atoms with Gasteiger partial charge in [-0.15, -0.1) is 0 Å². The SMILES string of the molecule is CNSCc1ccc(C)cc1. The van der Waals surface area contributed by atoms with Crippen LogP contribution in [0.2, 0.25) is 0 Å². The zero-order valence-electron chi connectivity index (χ0n) is 6.92. The molecule has 0 saturated heterocycles. The zero-order valence-corrected chi connectivity index (χ0v) is 7.74. The molecule has 1 rings (SSSR count). The Morgan fingerprint density at radius 3 is 2.45 bits per heavy atom. The van der Waals surface area contributed by atoms with E-state index in [4.69, 9.17) is 0 Å². The highest BCUT2D eigenvalue weighted by Gasteiger charge is 1.90. The average Bonchev–Trinajstić information content (AvgIpc) is 2.04. The molecule has 0 aliphatic carbocycles. The Kier molecular flexibility index (Phi) is 3.46. The predicted molar refractivity (Wildman–Crippen MR) is 51.5 cm³/mol. The summed E-state index contributed by atoms with van der Waals surface area (Å²) in [6.07, 6.45) is 0. The molecule has 1 aromatic carbocycles. The zero-order chi connectivity index (χ0) is 8.10. The molecule has 1 N–H and O–H groups in total. The van der Waals surface area contributed by atoms with E-state index in [2.05, 4.69) is 35.9 Å². The number of hydrogen-bond donors (Lipinski definition) is 1. The Morgan fingerprint density at radius 1 is 1.27 bits per heavy atom. The molecule has 1 aromatic rings. The molecule has 2 heteroatoms. The van der Waals surface area contributed by atoms with E-state index in [1.807, 2.05) is 7.05 Å². The van der Waals surface area contributed by atoms with Gasteiger partial charge in [0.25, 0.3) is 0 Å². The van der Waals surface area contributed by atoms with Crippen molar-refractivity contribution in [3.8, 4) is 0 Å². The second-order valence-electron chi connectivity index (χ2n) is 2.48. The lowest BCUT2D eigenvalue weighted by atomic mass is 10.2. The molecule has 0 aliphatic rings. The summed E-state index contributed by atoms with van der Waals surface area (Å²) >= 11 is 1.72. The van der Waals surface area contributed by atoms with Crippen LogP contribution in [-0.2, 0) is 5.75 Å². The number of benzene rings is 1. The summed E-state index contributed by atoms with van der Waals surface area (Å²) in [5.41, 5.74) is 2.69. The third-order valence-electron chi connectivity index (χ3n) is 1.50. The summed E-state index contributed by atoms with van der Waals surface area (Å²) in [6.45, 7) is 2.11. The Morgan fingerprint density at radius 2 is 1.91 bits per heavy atom. The summed E-state index contributed by atoms with van der Waals surface area (Å²) < 4.78 is 3.05. The van der Waals surface area contributed by atoms with Crippen LogP contribution in [-0.4, -0.2) is 7.05 Å². The molecule has 11 heavy (non-hydrogen) atoms. The third kappa shape index (κ3) is 2.95. The van der Waals surface area contributed by atoms with E-state index in [1.54, 1.807) is 11.9 Å². The second kappa shape index (κ2) is 4.42. The van der Waals surface area contributed by atoms with Crippen molar-refractivity contribution >= 4 is 11.9 Å². The minimum Gasteiger partial charge on any atom is -0.267 e. The number of aryl methyl sites for hydroxylation is 1. The first-order valence-electron chi connectivity index (χ1n) is 3.67. The van der Waals surface area contributed by atoms with E-state index in [0.29, 0.717) is 0 Å². The van der Waals surface area contributed by atoms with Crippen LogP contribution in [0.4, 0.5) is 0 Å². The Bertz CT molecular complexity index is 205. The van der Waals surface area contributed by atoms with Crippen molar-refractivity contribution in [1.82, 2.24) is 4.72 Å². The number of nitrogens with one attached hydrogen (secondary N) is 1. The van der Waals surface area contributed by atoms with Crippen molar-refractivity contribution in [2.24, 2.45) is 0 Å². The molecule has 1 nitrogen and oxygen atoms in total. The molecular formula is C9H13NS. The number of rotatable bonds is 3. The van der Waals surface area contributed by atoms with Gasteiger partial charge in [0.1, 0.15) is 0 Å². The van der Waals surface area contributed by atoms with E-state index in [0.717, 1.165) is 5.75 Å². The fourth-order valence-corrected chi connectivity index (χ4v) is 1.34. The topological polar surface area (TPSA) is 12.0 Å². The maximum atomic E-state index is 3.05. The molecule has 0 atom stereocenters. The van der Waals surface area contributed by atoms with Crippen LogP contribution in [0.3, 0.4) is 0 Å². The molecular weight excluding hydrogens is 154 g/mol. The van der Waals surface area contributed by atoms with Crippen molar-refractivity contribution in [3.05, 3.63) is 35.4 Å². The van der Waals surface area contributed by atoms with Crippen LogP contribution in [0.15, 0.2) is 24.3 Å². The predicted octanol–water partition coefficient (Wildman–Crippen LogP) is 2.36. The molecule has 0 fully saturated rings. The first-order chi connectivity index (χ1) is 5.33. The van der Waals surface area contributed by atoms with Gasteiger partial charge in [0, 0.05) is 5.75 Å². The van der Waals surface area contributed by atoms with E-state index >= 15 is 0 Å². The van der Waals surface area contributed by atoms with Gasteiger partial charge in [-0.3, -0.25) is 4.72 Å². The molecule has 0 aliphatic heterocycles. The maximum Gasteiger partial charge on any atom is 0.0330 e. The Hall–Kier alpha value is -0.470. The van der Waals surface area contributed by atoms with Crippen LogP contribution < -0.4 is 4.72 Å². The highest BCUT2D eigenvalue weighted by atomic mass is 32.2. The Balaban J connectivity index is 2.52. The lowest BCUT2D eigenvalue weighted by Gasteiger charge is -1.99. The van der Waals surface area contributed by atoms with Gasteiger partial charge in [-0.1, -0.05) is 41.8 Å². The molecule has 0 unspecified atom stereocenters. The fraction of sp³-hybridized carbons (Fsp3) is 0.333. The summed E-state index contributed by atoms with van der Waals surface area (Å²) in [7, 11) is 1.94. The van der Waals surface area contributed by atoms with Crippen molar-refractivity contribution in [3.63, 3.8) is 0 Å². The quantitative estimate of drug-likeness (QED) is 0.694. The van der Waals surface area contributed by atoms with E-state index in [-0.39, 0.29) is 0 Å². The van der Waals surface area contributed by atoms with Gasteiger partial charge >= 0.3 is 0 Å². The number of hydrogen-bond acceptors (Lipinski definition) is 2. The van der Waals surface area contributed by atoms with Gasteiger partial charge in [-0.2, -0.15) is 0 Å². The van der Waals surface area contributed by atoms with Crippen molar-refractivity contribution in [2.75, 3.05) is 7.05 Å². The summed E-state index contributed by atoms with van der Waals surface area (Å²) in [4.78, 5) is 0. The minimum absolute atomic E-state index is 1.04. The smallest absolute Gasteiger partial charge is 0.0330 e. The standard InChI is InChI=1S/C9H13NS/c1-8-3-5-9(6-4-8)7-11-10-2/h3-6,10H,7H2,1-2H3. The normalized spacial score (nSPS) is 10.0. The molecule has 0 amide bonds. The molecule has 0 aromatic heterocycles. The second-order valence-corrected chi connectivity index (χ2v) is 3.46. The van der Waals surface area contributed by atoms with Gasteiger partial charge in [-0.25, -0.2) is 0 Å². The van der Waals surface area contributed by atoms with Crippen LogP contribution in [0.5, 0.6) is 0 Å². The van der Waals surface area contributed by atoms with E-state index < -0.39 is 0 Å². The lowest BCUT2D eigenvalue weighted by molar-refractivity contribution is 1.27. The summed E-state index contributed by atoms with van der Waals surface area (Å²) in [5.74, 6) is 1.04. The van der Waals surface area contributed by atoms with Crippen LogP contribution in [0.25, 0.3) is 0 Å². The van der Waals surface area contributed by atoms with Crippen LogP contribution >= 0.6 is 11.9 Å². The van der Waals surface area contributed by atoms with Gasteiger partial charge < -0.3 is 0 Å². The first kappa shape index (κ1) is 8.62. The summed E-state index contributed by atoms with van der Waals surface area (Å²) in [6, 6.07) is 8.62. The maximum absolute atomic E-state index is 3.05. The van der Waals surface area contributed by atoms with Crippen molar-refractivity contribution in [1.29, 1.82) is 0 Å². The molecule has 0 bridgehead atoms. The molecule has 60 valence electrons. The molecule has 0 spiro atoms. The van der Waals surface area contributed by atoms with Crippen LogP contribution in [0, 0.1) is 6.92 Å². The van der Waals surface area contributed by atoms with Crippen molar-refractivity contribution in [2.45, 2.75) is 12.7 Å². The Labute approximate surface area is 72.3 Å². The largest absolute Gasteiger partial charge is 0.267 e. The van der Waals surface area contributed by atoms with E-state index in [1.165, 1.54) is 11.1 Å². The summed E-state index contributed by atoms with van der Waals surface area (Å²) in [5, 5.41) is 0. The lowest BCUT2D eigenvalue weighted by Crippen LogP contribution is -1.92. The van der Waals surface area contributed by atoms with Gasteiger partial charge in [0.2, 0.25) is 0 Å². The first-order valence-corrected chi connectivity index (χ1v) is 4.65. The van der Waals surface area contributed by atoms with E-state index in [9.17, 15) is 0 Å². The van der Waals surface area contributed by atoms with Gasteiger partial charge in [0.05, 0.1) is 0 Å². The molecule has 0 heterocycles. The third-order valence-corrected chi connectivity index (χ3v) is 2.27.